The second-order valence-corrected chi connectivity index (χ2v) is 8.00. The quantitative estimate of drug-likeness (QED) is 0.718. The molecule has 1 aliphatic carbocycles. The number of likely N-dealkylation sites (tertiary alicyclic amines) is 1. The molecule has 0 spiro atoms. The van der Waals surface area contributed by atoms with Gasteiger partial charge in [0.05, 0.1) is 11.1 Å². The summed E-state index contributed by atoms with van der Waals surface area (Å²) in [6, 6.07) is 8.83. The van der Waals surface area contributed by atoms with Gasteiger partial charge in [0.15, 0.2) is 0 Å². The van der Waals surface area contributed by atoms with Crippen LogP contribution in [0, 0.1) is 5.92 Å². The molecule has 0 bridgehead atoms. The number of fused-ring (bicyclic) bond motifs is 2. The molecule has 3 atom stereocenters. The molecule has 1 saturated carbocycles. The average Bonchev–Trinajstić information content (AvgIpc) is 3.35. The van der Waals surface area contributed by atoms with E-state index < -0.39 is 11.9 Å². The van der Waals surface area contributed by atoms with Gasteiger partial charge in [-0.25, -0.2) is 4.98 Å². The highest BCUT2D eigenvalue weighted by molar-refractivity contribution is 6.07. The van der Waals surface area contributed by atoms with E-state index in [9.17, 15) is 9.59 Å². The van der Waals surface area contributed by atoms with Crippen LogP contribution in [-0.4, -0.2) is 43.7 Å². The summed E-state index contributed by atoms with van der Waals surface area (Å²) in [5.41, 5.74) is 8.51. The second-order valence-electron chi connectivity index (χ2n) is 8.00. The summed E-state index contributed by atoms with van der Waals surface area (Å²) >= 11 is 0. The minimum atomic E-state index is -0.538. The number of para-hydroxylation sites is 1. The molecule has 2 amide bonds. The number of rotatable bonds is 3. The van der Waals surface area contributed by atoms with Gasteiger partial charge in [-0.05, 0) is 49.4 Å². The first-order chi connectivity index (χ1) is 14.1. The van der Waals surface area contributed by atoms with Crippen molar-refractivity contribution in [1.29, 1.82) is 0 Å². The molecular formula is C22H23N5O2. The normalized spacial score (nSPS) is 23.9. The minimum absolute atomic E-state index is 0.0858. The number of H-pyrrole nitrogens is 1. The van der Waals surface area contributed by atoms with Crippen LogP contribution in [-0.2, 0) is 4.79 Å². The molecule has 1 saturated heterocycles. The molecular weight excluding hydrogens is 366 g/mol. The van der Waals surface area contributed by atoms with Crippen LogP contribution in [0.5, 0.6) is 0 Å². The highest BCUT2D eigenvalue weighted by Gasteiger charge is 2.47. The Morgan fingerprint density at radius 2 is 1.90 bits per heavy atom. The number of aromatic amines is 1. The number of imidazole rings is 1. The summed E-state index contributed by atoms with van der Waals surface area (Å²) < 4.78 is 0. The summed E-state index contributed by atoms with van der Waals surface area (Å²) in [5.74, 6) is 0.475. The fourth-order valence-electron chi connectivity index (χ4n) is 5.00. The Morgan fingerprint density at radius 1 is 1.10 bits per heavy atom. The smallest absolute Gasteiger partial charge is 0.257 e. The van der Waals surface area contributed by atoms with Gasteiger partial charge in [0.1, 0.15) is 17.4 Å². The molecule has 29 heavy (non-hydrogen) atoms. The van der Waals surface area contributed by atoms with E-state index >= 15 is 0 Å². The monoisotopic (exact) mass is 389 g/mol. The lowest BCUT2D eigenvalue weighted by molar-refractivity contribution is -0.122. The number of aromatic nitrogens is 3. The second kappa shape index (κ2) is 6.99. The largest absolute Gasteiger partial charge is 0.368 e. The van der Waals surface area contributed by atoms with Gasteiger partial charge in [-0.15, -0.1) is 0 Å². The van der Waals surface area contributed by atoms with Gasteiger partial charge in [-0.2, -0.15) is 0 Å². The van der Waals surface area contributed by atoms with E-state index in [4.69, 9.17) is 10.7 Å². The van der Waals surface area contributed by atoms with E-state index in [1.54, 1.807) is 23.4 Å². The third kappa shape index (κ3) is 2.97. The Bertz CT molecular complexity index is 1080. The molecule has 148 valence electrons. The molecule has 3 aromatic rings. The summed E-state index contributed by atoms with van der Waals surface area (Å²) in [4.78, 5) is 39.6. The van der Waals surface area contributed by atoms with E-state index in [-0.39, 0.29) is 11.9 Å². The van der Waals surface area contributed by atoms with Crippen LogP contribution in [0.3, 0.4) is 0 Å². The summed E-state index contributed by atoms with van der Waals surface area (Å²) in [6.45, 7) is 0. The summed E-state index contributed by atoms with van der Waals surface area (Å²) in [6.07, 6.45) is 8.30. The summed E-state index contributed by atoms with van der Waals surface area (Å²) in [7, 11) is 0. The Balaban J connectivity index is 1.56. The zero-order valence-corrected chi connectivity index (χ0v) is 16.0. The van der Waals surface area contributed by atoms with Gasteiger partial charge < -0.3 is 15.6 Å². The van der Waals surface area contributed by atoms with Crippen LogP contribution in [0.1, 0.15) is 42.5 Å². The molecule has 0 radical (unpaired) electrons. The molecule has 5 rings (SSSR count). The zero-order valence-electron chi connectivity index (χ0n) is 16.0. The number of hydrogen-bond donors (Lipinski definition) is 2. The Hall–Kier alpha value is -3.22. The van der Waals surface area contributed by atoms with E-state index in [2.05, 4.69) is 9.97 Å². The SMILES string of the molecule is NC(=O)C1CC2CCCCC2N1C(=O)c1cccc2[nH]c(-c3ccncc3)nc12. The molecule has 3 unspecified atom stereocenters. The van der Waals surface area contributed by atoms with E-state index in [1.165, 1.54) is 0 Å². The predicted molar refractivity (Wildman–Crippen MR) is 109 cm³/mol. The standard InChI is InChI=1S/C22H23N5O2/c23-20(28)18-12-14-4-1-2-7-17(14)27(18)22(29)15-5-3-6-16-19(15)26-21(25-16)13-8-10-24-11-9-13/h3,5-6,8-11,14,17-18H,1-2,4,7,12H2,(H2,23,28)(H,25,26). The van der Waals surface area contributed by atoms with E-state index in [0.717, 1.165) is 36.8 Å². The Morgan fingerprint density at radius 3 is 2.69 bits per heavy atom. The lowest BCUT2D eigenvalue weighted by Crippen LogP contribution is -2.48. The van der Waals surface area contributed by atoms with Crippen LogP contribution in [0.4, 0.5) is 0 Å². The number of benzene rings is 1. The molecule has 2 aliphatic rings. The summed E-state index contributed by atoms with van der Waals surface area (Å²) in [5, 5.41) is 0. The van der Waals surface area contributed by atoms with E-state index in [1.807, 2.05) is 24.3 Å². The number of carbonyl (C=O) groups excluding carboxylic acids is 2. The molecule has 3 heterocycles. The number of nitrogens with two attached hydrogens (primary N) is 1. The van der Waals surface area contributed by atoms with Crippen molar-refractivity contribution in [2.75, 3.05) is 0 Å². The van der Waals surface area contributed by atoms with Crippen LogP contribution in [0.25, 0.3) is 22.4 Å². The number of pyridine rings is 1. The maximum absolute atomic E-state index is 13.6. The Kier molecular flexibility index (Phi) is 4.30. The number of primary amides is 1. The Labute approximate surface area is 168 Å². The van der Waals surface area contributed by atoms with Gasteiger partial charge in [0, 0.05) is 24.0 Å². The maximum atomic E-state index is 13.6. The van der Waals surface area contributed by atoms with Gasteiger partial charge >= 0.3 is 0 Å². The van der Waals surface area contributed by atoms with Crippen molar-refractivity contribution in [1.82, 2.24) is 19.9 Å². The zero-order chi connectivity index (χ0) is 20.0. The molecule has 1 aromatic carbocycles. The highest BCUT2D eigenvalue weighted by Crippen LogP contribution is 2.40. The van der Waals surface area contributed by atoms with Crippen LogP contribution >= 0.6 is 0 Å². The van der Waals surface area contributed by atoms with Crippen molar-refractivity contribution >= 4 is 22.8 Å². The van der Waals surface area contributed by atoms with Crippen LogP contribution < -0.4 is 5.73 Å². The van der Waals surface area contributed by atoms with Crippen molar-refractivity contribution in [2.24, 2.45) is 11.7 Å². The van der Waals surface area contributed by atoms with Crippen molar-refractivity contribution in [2.45, 2.75) is 44.2 Å². The van der Waals surface area contributed by atoms with Gasteiger partial charge in [-0.1, -0.05) is 18.9 Å². The third-order valence-corrected chi connectivity index (χ3v) is 6.35. The van der Waals surface area contributed by atoms with Gasteiger partial charge in [0.25, 0.3) is 5.91 Å². The third-order valence-electron chi connectivity index (χ3n) is 6.35. The number of nitrogens with zero attached hydrogens (tertiary/aromatic N) is 3. The van der Waals surface area contributed by atoms with E-state index in [0.29, 0.717) is 29.2 Å². The van der Waals surface area contributed by atoms with Crippen molar-refractivity contribution in [3.8, 4) is 11.4 Å². The molecule has 2 fully saturated rings. The van der Waals surface area contributed by atoms with Crippen LogP contribution in [0.2, 0.25) is 0 Å². The van der Waals surface area contributed by atoms with Crippen LogP contribution in [0.15, 0.2) is 42.7 Å². The molecule has 7 heteroatoms. The maximum Gasteiger partial charge on any atom is 0.257 e. The van der Waals surface area contributed by atoms with Crippen molar-refractivity contribution < 1.29 is 9.59 Å². The number of hydrogen-bond acceptors (Lipinski definition) is 4. The number of nitrogens with one attached hydrogen (secondary N) is 1. The van der Waals surface area contributed by atoms with Gasteiger partial charge in [-0.3, -0.25) is 14.6 Å². The highest BCUT2D eigenvalue weighted by atomic mass is 16.2. The first-order valence-corrected chi connectivity index (χ1v) is 10.1. The lowest BCUT2D eigenvalue weighted by atomic mass is 9.84. The van der Waals surface area contributed by atoms with Crippen molar-refractivity contribution in [3.05, 3.63) is 48.3 Å². The number of carbonyl (C=O) groups is 2. The first-order valence-electron chi connectivity index (χ1n) is 10.1. The lowest BCUT2D eigenvalue weighted by Gasteiger charge is -2.33. The number of amides is 2. The average molecular weight is 389 g/mol. The molecule has 1 aliphatic heterocycles. The molecule has 2 aromatic heterocycles. The minimum Gasteiger partial charge on any atom is -0.368 e. The van der Waals surface area contributed by atoms with Gasteiger partial charge in [0.2, 0.25) is 5.91 Å². The molecule has 7 nitrogen and oxygen atoms in total. The fourth-order valence-corrected chi connectivity index (χ4v) is 5.00. The first kappa shape index (κ1) is 17.8. The predicted octanol–water partition coefficient (Wildman–Crippen LogP) is 2.88. The van der Waals surface area contributed by atoms with Crippen molar-refractivity contribution in [3.63, 3.8) is 0 Å². The molecule has 3 N–H and O–H groups in total. The topological polar surface area (TPSA) is 105 Å². The fraction of sp³-hybridized carbons (Fsp3) is 0.364.